The van der Waals surface area contributed by atoms with E-state index in [1.165, 1.54) is 12.1 Å². The molecule has 1 aromatic carbocycles. The number of aryl methyl sites for hydroxylation is 1. The summed E-state index contributed by atoms with van der Waals surface area (Å²) >= 11 is 0. The smallest absolute Gasteiger partial charge is 0.222 e. The van der Waals surface area contributed by atoms with Gasteiger partial charge in [-0.25, -0.2) is 19.3 Å². The first kappa shape index (κ1) is 19.8. The molecule has 0 N–H and O–H groups in total. The Morgan fingerprint density at radius 3 is 2.27 bits per heavy atom. The van der Waals surface area contributed by atoms with Crippen molar-refractivity contribution in [3.63, 3.8) is 0 Å². The minimum absolute atomic E-state index is 0.263. The second-order valence-electron chi connectivity index (χ2n) is 6.82. The average Bonchev–Trinajstić information content (AvgIpc) is 2.61. The first-order chi connectivity index (χ1) is 12.3. The van der Waals surface area contributed by atoms with E-state index in [9.17, 15) is 4.39 Å². The molecule has 2 aromatic heterocycles. The maximum absolute atomic E-state index is 13.7. The van der Waals surface area contributed by atoms with E-state index >= 15 is 0 Å². The third-order valence-corrected chi connectivity index (χ3v) is 3.78. The zero-order valence-electron chi connectivity index (χ0n) is 16.5. The van der Waals surface area contributed by atoms with E-state index < -0.39 is 0 Å². The van der Waals surface area contributed by atoms with E-state index in [2.05, 4.69) is 9.97 Å². The monoisotopic (exact) mass is 355 g/mol. The molecule has 26 heavy (non-hydrogen) atoms. The molecule has 0 aliphatic heterocycles. The first-order valence-corrected chi connectivity index (χ1v) is 8.79. The fourth-order valence-corrected chi connectivity index (χ4v) is 2.51. The van der Waals surface area contributed by atoms with Crippen LogP contribution in [0.4, 0.5) is 4.39 Å². The molecule has 0 aliphatic carbocycles. The minimum atomic E-state index is -0.319. The number of nitrogens with zero attached hydrogens (tertiary/aromatic N) is 3. The number of aromatic nitrogens is 3. The van der Waals surface area contributed by atoms with Crippen LogP contribution in [0.5, 0.6) is 5.88 Å². The molecule has 0 unspecified atom stereocenters. The van der Waals surface area contributed by atoms with Crippen molar-refractivity contribution < 1.29 is 9.13 Å². The quantitative estimate of drug-likeness (QED) is 0.611. The Hall–Kier alpha value is -2.56. The molecule has 0 saturated heterocycles. The van der Waals surface area contributed by atoms with Crippen LogP contribution in [0.3, 0.4) is 0 Å². The summed E-state index contributed by atoms with van der Waals surface area (Å²) in [6.45, 7) is 12.0. The molecule has 0 amide bonds. The van der Waals surface area contributed by atoms with Gasteiger partial charge in [0.2, 0.25) is 5.88 Å². The highest BCUT2D eigenvalue weighted by Gasteiger charge is 2.22. The summed E-state index contributed by atoms with van der Waals surface area (Å²) in [6.07, 6.45) is 0. The van der Waals surface area contributed by atoms with Gasteiger partial charge in [-0.3, -0.25) is 0 Å². The van der Waals surface area contributed by atoms with Gasteiger partial charge in [0.05, 0.1) is 23.9 Å². The molecule has 0 atom stereocenters. The van der Waals surface area contributed by atoms with Gasteiger partial charge < -0.3 is 4.74 Å². The summed E-state index contributed by atoms with van der Waals surface area (Å²) in [7, 11) is 1.58. The Balaban J connectivity index is 0.00000117. The number of halogens is 1. The van der Waals surface area contributed by atoms with Crippen LogP contribution >= 0.6 is 0 Å². The SMILES string of the molecule is CC.COc1nc(C)ccc1-c1nc(C(C)(C)C)nc2cc(F)ccc12. The van der Waals surface area contributed by atoms with Gasteiger partial charge in [0.1, 0.15) is 11.6 Å². The van der Waals surface area contributed by atoms with E-state index in [0.717, 1.165) is 16.6 Å². The van der Waals surface area contributed by atoms with Crippen LogP contribution in [-0.2, 0) is 5.41 Å². The second-order valence-corrected chi connectivity index (χ2v) is 6.82. The zero-order valence-corrected chi connectivity index (χ0v) is 16.5. The third kappa shape index (κ3) is 3.98. The molecule has 2 heterocycles. The summed E-state index contributed by atoms with van der Waals surface area (Å²) in [4.78, 5) is 13.7. The molecule has 0 radical (unpaired) electrons. The number of methoxy groups -OCH3 is 1. The lowest BCUT2D eigenvalue weighted by atomic mass is 9.94. The van der Waals surface area contributed by atoms with Gasteiger partial charge in [0.15, 0.2) is 0 Å². The van der Waals surface area contributed by atoms with Gasteiger partial charge in [-0.05, 0) is 31.2 Å². The number of hydrogen-bond acceptors (Lipinski definition) is 4. The highest BCUT2D eigenvalue weighted by molar-refractivity contribution is 5.93. The van der Waals surface area contributed by atoms with Gasteiger partial charge in [-0.15, -0.1) is 0 Å². The van der Waals surface area contributed by atoms with Crippen LogP contribution in [0.2, 0.25) is 0 Å². The van der Waals surface area contributed by atoms with Gasteiger partial charge >= 0.3 is 0 Å². The molecular weight excluding hydrogens is 329 g/mol. The third-order valence-electron chi connectivity index (χ3n) is 3.78. The largest absolute Gasteiger partial charge is 0.480 e. The van der Waals surface area contributed by atoms with Crippen LogP contribution < -0.4 is 4.74 Å². The molecule has 5 heteroatoms. The number of pyridine rings is 1. The lowest BCUT2D eigenvalue weighted by Gasteiger charge is -2.19. The fourth-order valence-electron chi connectivity index (χ4n) is 2.51. The molecule has 3 aromatic rings. The van der Waals surface area contributed by atoms with E-state index in [1.54, 1.807) is 13.2 Å². The summed E-state index contributed by atoms with van der Waals surface area (Å²) in [5.74, 6) is 0.832. The predicted molar refractivity (Wildman–Crippen MR) is 104 cm³/mol. The molecule has 4 nitrogen and oxygen atoms in total. The van der Waals surface area contributed by atoms with E-state index in [-0.39, 0.29) is 11.2 Å². The minimum Gasteiger partial charge on any atom is -0.480 e. The highest BCUT2D eigenvalue weighted by atomic mass is 19.1. The second kappa shape index (κ2) is 7.77. The van der Waals surface area contributed by atoms with Crippen molar-refractivity contribution in [2.24, 2.45) is 0 Å². The standard InChI is InChI=1S/C19H20FN3O.C2H6/c1-11-6-8-14(17(21-11)24-5)16-13-9-7-12(20)10-15(13)22-18(23-16)19(2,3)4;1-2/h6-10H,1-5H3;1-2H3. The van der Waals surface area contributed by atoms with Crippen LogP contribution in [0.25, 0.3) is 22.2 Å². The highest BCUT2D eigenvalue weighted by Crippen LogP contribution is 2.34. The van der Waals surface area contributed by atoms with Gasteiger partial charge in [-0.2, -0.15) is 0 Å². The maximum atomic E-state index is 13.7. The molecule has 0 saturated carbocycles. The lowest BCUT2D eigenvalue weighted by molar-refractivity contribution is 0.398. The number of benzene rings is 1. The number of ether oxygens (including phenoxy) is 1. The summed E-state index contributed by atoms with van der Waals surface area (Å²) < 4.78 is 19.1. The van der Waals surface area contributed by atoms with Crippen molar-refractivity contribution in [1.29, 1.82) is 0 Å². The molecule has 0 fully saturated rings. The first-order valence-electron chi connectivity index (χ1n) is 8.79. The molecule has 0 aliphatic rings. The van der Waals surface area contributed by atoms with E-state index in [0.29, 0.717) is 22.9 Å². The molecule has 0 bridgehead atoms. The molecule has 138 valence electrons. The van der Waals surface area contributed by atoms with Crippen LogP contribution in [-0.4, -0.2) is 22.1 Å². The van der Waals surface area contributed by atoms with Crippen molar-refractivity contribution in [3.05, 3.63) is 47.7 Å². The van der Waals surface area contributed by atoms with Crippen LogP contribution in [0.15, 0.2) is 30.3 Å². The Kier molecular flexibility index (Phi) is 5.90. The Bertz CT molecular complexity index is 917. The van der Waals surface area contributed by atoms with E-state index in [4.69, 9.17) is 9.72 Å². The van der Waals surface area contributed by atoms with Crippen molar-refractivity contribution >= 4 is 10.9 Å². The van der Waals surface area contributed by atoms with Crippen molar-refractivity contribution in [2.45, 2.75) is 47.0 Å². The Labute approximate surface area is 154 Å². The summed E-state index contributed by atoms with van der Waals surface area (Å²) in [5.41, 5.74) is 2.64. The zero-order chi connectivity index (χ0) is 19.5. The van der Waals surface area contributed by atoms with Crippen molar-refractivity contribution in [3.8, 4) is 17.1 Å². The van der Waals surface area contributed by atoms with Crippen LogP contribution in [0, 0.1) is 12.7 Å². The normalized spacial score (nSPS) is 11.1. The predicted octanol–water partition coefficient (Wildman–Crippen LogP) is 5.47. The Morgan fingerprint density at radius 1 is 0.962 bits per heavy atom. The number of fused-ring (bicyclic) bond motifs is 1. The maximum Gasteiger partial charge on any atom is 0.222 e. The Morgan fingerprint density at radius 2 is 1.65 bits per heavy atom. The van der Waals surface area contributed by atoms with E-state index in [1.807, 2.05) is 53.7 Å². The average molecular weight is 355 g/mol. The topological polar surface area (TPSA) is 47.9 Å². The molecular formula is C21H26FN3O. The number of hydrogen-bond donors (Lipinski definition) is 0. The van der Waals surface area contributed by atoms with Crippen LogP contribution in [0.1, 0.15) is 46.1 Å². The van der Waals surface area contributed by atoms with Gasteiger partial charge in [-0.1, -0.05) is 34.6 Å². The summed E-state index contributed by atoms with van der Waals surface area (Å²) in [6, 6.07) is 8.39. The van der Waals surface area contributed by atoms with Crippen molar-refractivity contribution in [2.75, 3.05) is 7.11 Å². The van der Waals surface area contributed by atoms with Gasteiger partial charge in [0, 0.05) is 22.6 Å². The lowest BCUT2D eigenvalue weighted by Crippen LogP contribution is -2.16. The van der Waals surface area contributed by atoms with Crippen molar-refractivity contribution in [1.82, 2.24) is 15.0 Å². The molecule has 0 spiro atoms. The fraction of sp³-hybridized carbons (Fsp3) is 0.381. The summed E-state index contributed by atoms with van der Waals surface area (Å²) in [5, 5.41) is 0.772. The molecule has 3 rings (SSSR count). The van der Waals surface area contributed by atoms with Gasteiger partial charge in [0.25, 0.3) is 0 Å². The number of rotatable bonds is 2.